The zero-order valence-electron chi connectivity index (χ0n) is 13.2. The molecule has 0 spiro atoms. The van der Waals surface area contributed by atoms with Crippen LogP contribution in [0.5, 0.6) is 5.75 Å². The molecule has 7 nitrogen and oxygen atoms in total. The summed E-state index contributed by atoms with van der Waals surface area (Å²) in [6, 6.07) is 3.56. The summed E-state index contributed by atoms with van der Waals surface area (Å²) in [5.41, 5.74) is 0.803. The van der Waals surface area contributed by atoms with Crippen molar-refractivity contribution >= 4 is 29.2 Å². The van der Waals surface area contributed by atoms with Crippen molar-refractivity contribution in [3.8, 4) is 5.75 Å². The van der Waals surface area contributed by atoms with E-state index in [2.05, 4.69) is 15.2 Å². The quantitative estimate of drug-likeness (QED) is 0.832. The lowest BCUT2D eigenvalue weighted by Crippen LogP contribution is -2.22. The number of methoxy groups -OCH3 is 1. The Morgan fingerprint density at radius 1 is 1.42 bits per heavy atom. The maximum atomic E-state index is 13.0. The van der Waals surface area contributed by atoms with Crippen LogP contribution >= 0.6 is 11.6 Å². The van der Waals surface area contributed by atoms with Crippen LogP contribution in [0.3, 0.4) is 0 Å². The van der Waals surface area contributed by atoms with E-state index in [9.17, 15) is 14.0 Å². The van der Waals surface area contributed by atoms with E-state index in [1.54, 1.807) is 14.0 Å². The molecule has 2 rings (SSSR count). The van der Waals surface area contributed by atoms with Crippen molar-refractivity contribution in [3.05, 3.63) is 40.4 Å². The number of amides is 1. The second-order valence-electron chi connectivity index (χ2n) is 4.84. The number of aryl methyl sites for hydroxylation is 1. The third kappa shape index (κ3) is 3.83. The zero-order valence-corrected chi connectivity index (χ0v) is 14.0. The number of nitrogens with zero attached hydrogens (tertiary/aromatic N) is 2. The summed E-state index contributed by atoms with van der Waals surface area (Å²) < 4.78 is 24.3. The molecule has 1 amide bonds. The topological polar surface area (TPSA) is 82.5 Å². The summed E-state index contributed by atoms with van der Waals surface area (Å²) in [5, 5.41) is 6.60. The van der Waals surface area contributed by atoms with E-state index >= 15 is 0 Å². The van der Waals surface area contributed by atoms with Crippen LogP contribution in [0.1, 0.15) is 16.2 Å². The van der Waals surface area contributed by atoms with Crippen LogP contribution in [-0.4, -0.2) is 35.4 Å². The third-order valence-electron chi connectivity index (χ3n) is 3.23. The van der Waals surface area contributed by atoms with Gasteiger partial charge in [-0.2, -0.15) is 5.10 Å². The molecule has 0 saturated heterocycles. The maximum Gasteiger partial charge on any atom is 0.360 e. The Labute approximate surface area is 142 Å². The monoisotopic (exact) mass is 355 g/mol. The fourth-order valence-corrected chi connectivity index (χ4v) is 2.13. The number of nitrogens with one attached hydrogen (secondary N) is 1. The third-order valence-corrected chi connectivity index (χ3v) is 3.53. The van der Waals surface area contributed by atoms with Gasteiger partial charge in [0, 0.05) is 7.05 Å². The molecule has 128 valence electrons. The van der Waals surface area contributed by atoms with E-state index in [1.165, 1.54) is 23.9 Å². The molecule has 0 unspecified atom stereocenters. The van der Waals surface area contributed by atoms with Crippen LogP contribution in [0.25, 0.3) is 0 Å². The number of anilines is 1. The average molecular weight is 356 g/mol. The smallest absolute Gasteiger partial charge is 0.360 e. The largest absolute Gasteiger partial charge is 0.482 e. The number of halogens is 2. The van der Waals surface area contributed by atoms with Gasteiger partial charge in [0.2, 0.25) is 0 Å². The molecular weight excluding hydrogens is 341 g/mol. The molecule has 1 heterocycles. The molecule has 0 radical (unpaired) electrons. The SMILES string of the molecule is COC(=O)c1nn(C)c(C)c1NC(=O)COc1ccc(F)cc1Cl. The van der Waals surface area contributed by atoms with E-state index in [1.807, 2.05) is 0 Å². The second-order valence-corrected chi connectivity index (χ2v) is 5.24. The molecule has 0 saturated carbocycles. The van der Waals surface area contributed by atoms with E-state index < -0.39 is 17.7 Å². The Morgan fingerprint density at radius 2 is 2.12 bits per heavy atom. The first-order valence-electron chi connectivity index (χ1n) is 6.83. The van der Waals surface area contributed by atoms with Crippen LogP contribution in [0.4, 0.5) is 10.1 Å². The first kappa shape index (κ1) is 17.7. The minimum Gasteiger partial charge on any atom is -0.482 e. The van der Waals surface area contributed by atoms with E-state index in [-0.39, 0.29) is 28.8 Å². The minimum atomic E-state index is -0.670. The first-order valence-corrected chi connectivity index (χ1v) is 7.21. The predicted molar refractivity (Wildman–Crippen MR) is 84.8 cm³/mol. The lowest BCUT2D eigenvalue weighted by Gasteiger charge is -2.09. The van der Waals surface area contributed by atoms with Gasteiger partial charge in [0.15, 0.2) is 12.3 Å². The van der Waals surface area contributed by atoms with Crippen LogP contribution in [0.2, 0.25) is 5.02 Å². The highest BCUT2D eigenvalue weighted by Gasteiger charge is 2.22. The highest BCUT2D eigenvalue weighted by atomic mass is 35.5. The number of benzene rings is 1. The molecule has 0 aliphatic carbocycles. The van der Waals surface area contributed by atoms with Gasteiger partial charge in [0.1, 0.15) is 11.6 Å². The number of carbonyl (C=O) groups excluding carboxylic acids is 2. The predicted octanol–water partition coefficient (Wildman–Crippen LogP) is 2.33. The molecule has 24 heavy (non-hydrogen) atoms. The van der Waals surface area contributed by atoms with Crippen molar-refractivity contribution in [1.82, 2.24) is 9.78 Å². The number of hydrogen-bond acceptors (Lipinski definition) is 5. The lowest BCUT2D eigenvalue weighted by molar-refractivity contribution is -0.118. The molecule has 2 aromatic rings. The summed E-state index contributed by atoms with van der Waals surface area (Å²) in [7, 11) is 2.85. The summed E-state index contributed by atoms with van der Waals surface area (Å²) in [4.78, 5) is 23.7. The number of hydrogen-bond donors (Lipinski definition) is 1. The molecule has 9 heteroatoms. The van der Waals surface area contributed by atoms with E-state index in [0.717, 1.165) is 6.07 Å². The fraction of sp³-hybridized carbons (Fsp3) is 0.267. The lowest BCUT2D eigenvalue weighted by atomic mass is 10.3. The highest BCUT2D eigenvalue weighted by molar-refractivity contribution is 6.32. The van der Waals surface area contributed by atoms with Gasteiger partial charge in [-0.3, -0.25) is 9.48 Å². The van der Waals surface area contributed by atoms with Crippen LogP contribution in [-0.2, 0) is 16.6 Å². The normalized spacial score (nSPS) is 10.4. The molecule has 0 aliphatic rings. The Hall–Kier alpha value is -2.61. The van der Waals surface area contributed by atoms with Gasteiger partial charge in [-0.1, -0.05) is 11.6 Å². The minimum absolute atomic E-state index is 0.00864. The maximum absolute atomic E-state index is 13.0. The number of esters is 1. The standard InChI is InChI=1S/C15H15ClFN3O4/c1-8-13(14(15(22)23-3)19-20(8)2)18-12(21)7-24-11-5-4-9(17)6-10(11)16/h4-6H,7H2,1-3H3,(H,18,21). The molecule has 1 aromatic carbocycles. The molecule has 0 fully saturated rings. The Bertz CT molecular complexity index is 791. The van der Waals surface area contributed by atoms with E-state index in [4.69, 9.17) is 16.3 Å². The van der Waals surface area contributed by atoms with Crippen LogP contribution < -0.4 is 10.1 Å². The number of carbonyl (C=O) groups is 2. The van der Waals surface area contributed by atoms with Gasteiger partial charge >= 0.3 is 5.97 Å². The van der Waals surface area contributed by atoms with Gasteiger partial charge in [-0.25, -0.2) is 9.18 Å². The summed E-state index contributed by atoms with van der Waals surface area (Å²) in [6.45, 7) is 1.31. The Morgan fingerprint density at radius 3 is 2.75 bits per heavy atom. The molecule has 0 aliphatic heterocycles. The molecule has 1 N–H and O–H groups in total. The van der Waals surface area contributed by atoms with Crippen molar-refractivity contribution in [3.63, 3.8) is 0 Å². The first-order chi connectivity index (χ1) is 11.3. The van der Waals surface area contributed by atoms with Gasteiger partial charge in [0.25, 0.3) is 5.91 Å². The second kappa shape index (κ2) is 7.31. The van der Waals surface area contributed by atoms with Crippen molar-refractivity contribution in [2.75, 3.05) is 19.0 Å². The molecule has 0 bridgehead atoms. The summed E-state index contributed by atoms with van der Waals surface area (Å²) in [6.07, 6.45) is 0. The number of aromatic nitrogens is 2. The Kier molecular flexibility index (Phi) is 5.40. The Balaban J connectivity index is 2.09. The van der Waals surface area contributed by atoms with Crippen molar-refractivity contribution in [2.45, 2.75) is 6.92 Å². The summed E-state index contributed by atoms with van der Waals surface area (Å²) in [5.74, 6) is -1.54. The van der Waals surface area contributed by atoms with Gasteiger partial charge < -0.3 is 14.8 Å². The molecular formula is C15H15ClFN3O4. The van der Waals surface area contributed by atoms with Crippen molar-refractivity contribution < 1.29 is 23.5 Å². The molecule has 1 aromatic heterocycles. The highest BCUT2D eigenvalue weighted by Crippen LogP contribution is 2.25. The average Bonchev–Trinajstić information content (AvgIpc) is 2.81. The number of ether oxygens (including phenoxy) is 2. The van der Waals surface area contributed by atoms with Crippen LogP contribution in [0, 0.1) is 12.7 Å². The van der Waals surface area contributed by atoms with Crippen molar-refractivity contribution in [2.24, 2.45) is 7.05 Å². The fourth-order valence-electron chi connectivity index (χ4n) is 1.91. The van der Waals surface area contributed by atoms with Gasteiger partial charge in [-0.15, -0.1) is 0 Å². The number of rotatable bonds is 5. The van der Waals surface area contributed by atoms with E-state index in [0.29, 0.717) is 5.69 Å². The van der Waals surface area contributed by atoms with Crippen LogP contribution in [0.15, 0.2) is 18.2 Å². The molecule has 0 atom stereocenters. The van der Waals surface area contributed by atoms with Gasteiger partial charge in [0.05, 0.1) is 23.5 Å². The van der Waals surface area contributed by atoms with Gasteiger partial charge in [-0.05, 0) is 25.1 Å². The zero-order chi connectivity index (χ0) is 17.9. The summed E-state index contributed by atoms with van der Waals surface area (Å²) >= 11 is 5.82. The van der Waals surface area contributed by atoms with Crippen molar-refractivity contribution in [1.29, 1.82) is 0 Å².